The van der Waals surface area contributed by atoms with Crippen LogP contribution >= 0.6 is 0 Å². The lowest BCUT2D eigenvalue weighted by atomic mass is 10.1. The van der Waals surface area contributed by atoms with Crippen LogP contribution in [-0.2, 0) is 16.0 Å². The minimum absolute atomic E-state index is 0.0799. The Balaban J connectivity index is 2.64. The van der Waals surface area contributed by atoms with Crippen molar-refractivity contribution < 1.29 is 9.53 Å². The summed E-state index contributed by atoms with van der Waals surface area (Å²) in [5.74, 6) is -0.0515. The zero-order chi connectivity index (χ0) is 14.8. The minimum Gasteiger partial charge on any atom is -0.462 e. The van der Waals surface area contributed by atoms with Gasteiger partial charge in [0.1, 0.15) is 11.9 Å². The minimum atomic E-state index is -0.637. The smallest absolute Gasteiger partial charge is 0.350 e. The summed E-state index contributed by atoms with van der Waals surface area (Å²) in [5.41, 5.74) is 1.09. The monoisotopic (exact) mass is 273 g/mol. The summed E-state index contributed by atoms with van der Waals surface area (Å²) >= 11 is 0. The Morgan fingerprint density at radius 1 is 1.50 bits per heavy atom. The zero-order valence-corrected chi connectivity index (χ0v) is 11.8. The van der Waals surface area contributed by atoms with Crippen molar-refractivity contribution in [3.05, 3.63) is 35.7 Å². The van der Waals surface area contributed by atoms with Crippen molar-refractivity contribution >= 4 is 11.8 Å². The molecule has 0 saturated carbocycles. The van der Waals surface area contributed by atoms with Gasteiger partial charge >= 0.3 is 5.97 Å². The first-order valence-electron chi connectivity index (χ1n) is 6.70. The van der Waals surface area contributed by atoms with Gasteiger partial charge in [0.25, 0.3) is 0 Å². The van der Waals surface area contributed by atoms with Crippen LogP contribution in [0.3, 0.4) is 0 Å². The predicted octanol–water partition coefficient (Wildman–Crippen LogP) is 2.81. The van der Waals surface area contributed by atoms with Crippen LogP contribution in [-0.4, -0.2) is 17.6 Å². The van der Waals surface area contributed by atoms with E-state index in [0.717, 1.165) is 19.3 Å². The Morgan fingerprint density at radius 2 is 2.30 bits per heavy atom. The molecule has 0 amide bonds. The van der Waals surface area contributed by atoms with Crippen LogP contribution in [0.15, 0.2) is 30.1 Å². The second-order valence-corrected chi connectivity index (χ2v) is 4.19. The largest absolute Gasteiger partial charge is 0.462 e. The first-order valence-corrected chi connectivity index (χ1v) is 6.70. The molecule has 0 saturated heterocycles. The van der Waals surface area contributed by atoms with Crippen molar-refractivity contribution in [1.29, 1.82) is 5.26 Å². The van der Waals surface area contributed by atoms with Gasteiger partial charge in [-0.15, -0.1) is 0 Å². The Labute approximate surface area is 119 Å². The Morgan fingerprint density at radius 3 is 2.85 bits per heavy atom. The Bertz CT molecular complexity index is 501. The molecule has 1 rings (SSSR count). The first kappa shape index (κ1) is 15.7. The number of anilines is 1. The zero-order valence-electron chi connectivity index (χ0n) is 11.8. The molecule has 0 atom stereocenters. The maximum atomic E-state index is 11.4. The number of aryl methyl sites for hydroxylation is 1. The third kappa shape index (κ3) is 5.11. The van der Waals surface area contributed by atoms with E-state index in [0.29, 0.717) is 5.82 Å². The van der Waals surface area contributed by atoms with Gasteiger partial charge in [0.05, 0.1) is 6.61 Å². The molecule has 0 aliphatic rings. The van der Waals surface area contributed by atoms with Crippen LogP contribution in [0, 0.1) is 11.3 Å². The number of nitriles is 1. The summed E-state index contributed by atoms with van der Waals surface area (Å²) in [5, 5.41) is 11.7. The SMILES string of the molecule is CCCCc1ccc(NC=C(C#N)C(=O)OCC)nc1. The molecule has 1 aromatic rings. The summed E-state index contributed by atoms with van der Waals surface area (Å²) in [6.45, 7) is 4.08. The van der Waals surface area contributed by atoms with Crippen LogP contribution < -0.4 is 5.32 Å². The van der Waals surface area contributed by atoms with E-state index in [9.17, 15) is 4.79 Å². The standard InChI is InChI=1S/C15H19N3O2/c1-3-5-6-12-7-8-14(17-10-12)18-11-13(9-16)15(19)20-4-2/h7-8,10-11H,3-6H2,1-2H3,(H,17,18). The molecule has 0 spiro atoms. The number of hydrogen-bond donors (Lipinski definition) is 1. The van der Waals surface area contributed by atoms with E-state index in [2.05, 4.69) is 17.2 Å². The van der Waals surface area contributed by atoms with Crippen LogP contribution in [0.5, 0.6) is 0 Å². The topological polar surface area (TPSA) is 75.0 Å². The molecule has 0 radical (unpaired) electrons. The van der Waals surface area contributed by atoms with Crippen LogP contribution in [0.1, 0.15) is 32.3 Å². The van der Waals surface area contributed by atoms with E-state index in [1.165, 1.54) is 11.8 Å². The van der Waals surface area contributed by atoms with Gasteiger partial charge in [0.2, 0.25) is 0 Å². The Hall–Kier alpha value is -2.35. The fourth-order valence-corrected chi connectivity index (χ4v) is 1.53. The number of hydrogen-bond acceptors (Lipinski definition) is 5. The summed E-state index contributed by atoms with van der Waals surface area (Å²) in [4.78, 5) is 15.6. The lowest BCUT2D eigenvalue weighted by Crippen LogP contribution is -2.08. The van der Waals surface area contributed by atoms with E-state index in [-0.39, 0.29) is 12.2 Å². The van der Waals surface area contributed by atoms with Crippen LogP contribution in [0.25, 0.3) is 0 Å². The number of nitrogens with one attached hydrogen (secondary N) is 1. The number of nitrogens with zero attached hydrogens (tertiary/aromatic N) is 2. The van der Waals surface area contributed by atoms with E-state index in [1.54, 1.807) is 19.2 Å². The number of pyridine rings is 1. The number of rotatable bonds is 7. The molecule has 1 aromatic heterocycles. The van der Waals surface area contributed by atoms with Crippen LogP contribution in [0.4, 0.5) is 5.82 Å². The van der Waals surface area contributed by atoms with Gasteiger partial charge < -0.3 is 10.1 Å². The lowest BCUT2D eigenvalue weighted by Gasteiger charge is -2.03. The van der Waals surface area contributed by atoms with Crippen molar-refractivity contribution in [2.24, 2.45) is 0 Å². The summed E-state index contributed by atoms with van der Waals surface area (Å²) in [7, 11) is 0. The highest BCUT2D eigenvalue weighted by Crippen LogP contribution is 2.09. The molecule has 0 aliphatic carbocycles. The van der Waals surface area contributed by atoms with E-state index in [1.807, 2.05) is 12.1 Å². The number of esters is 1. The van der Waals surface area contributed by atoms with Gasteiger partial charge in [-0.05, 0) is 31.4 Å². The molecular weight excluding hydrogens is 254 g/mol. The molecule has 0 unspecified atom stereocenters. The predicted molar refractivity (Wildman–Crippen MR) is 76.8 cm³/mol. The van der Waals surface area contributed by atoms with Gasteiger partial charge in [0, 0.05) is 12.4 Å². The average molecular weight is 273 g/mol. The average Bonchev–Trinajstić information content (AvgIpc) is 2.47. The fraction of sp³-hybridized carbons (Fsp3) is 0.400. The maximum Gasteiger partial charge on any atom is 0.350 e. The molecule has 5 nitrogen and oxygen atoms in total. The van der Waals surface area contributed by atoms with E-state index in [4.69, 9.17) is 10.00 Å². The molecule has 20 heavy (non-hydrogen) atoms. The normalized spacial score (nSPS) is 10.8. The highest BCUT2D eigenvalue weighted by molar-refractivity contribution is 5.93. The third-order valence-corrected chi connectivity index (χ3v) is 2.62. The van der Waals surface area contributed by atoms with Crippen molar-refractivity contribution in [3.8, 4) is 6.07 Å². The molecule has 106 valence electrons. The maximum absolute atomic E-state index is 11.4. The third-order valence-electron chi connectivity index (χ3n) is 2.62. The molecular formula is C15H19N3O2. The fourth-order valence-electron chi connectivity index (χ4n) is 1.53. The van der Waals surface area contributed by atoms with E-state index < -0.39 is 5.97 Å². The van der Waals surface area contributed by atoms with Gasteiger partial charge in [-0.1, -0.05) is 19.4 Å². The second-order valence-electron chi connectivity index (χ2n) is 4.19. The molecule has 5 heteroatoms. The molecule has 0 bridgehead atoms. The van der Waals surface area contributed by atoms with Crippen molar-refractivity contribution in [2.45, 2.75) is 33.1 Å². The van der Waals surface area contributed by atoms with Gasteiger partial charge in [-0.2, -0.15) is 5.26 Å². The molecule has 1 N–H and O–H groups in total. The van der Waals surface area contributed by atoms with Crippen molar-refractivity contribution in [2.75, 3.05) is 11.9 Å². The van der Waals surface area contributed by atoms with Gasteiger partial charge in [0.15, 0.2) is 5.57 Å². The molecule has 0 fully saturated rings. The lowest BCUT2D eigenvalue weighted by molar-refractivity contribution is -0.138. The Kier molecular flexibility index (Phi) is 6.83. The van der Waals surface area contributed by atoms with Gasteiger partial charge in [-0.25, -0.2) is 9.78 Å². The summed E-state index contributed by atoms with van der Waals surface area (Å²) < 4.78 is 4.76. The molecule has 0 aromatic carbocycles. The summed E-state index contributed by atoms with van der Waals surface area (Å²) in [6.07, 6.45) is 6.39. The number of unbranched alkanes of at least 4 members (excludes halogenated alkanes) is 1. The van der Waals surface area contributed by atoms with E-state index >= 15 is 0 Å². The van der Waals surface area contributed by atoms with Gasteiger partial charge in [-0.3, -0.25) is 0 Å². The van der Waals surface area contributed by atoms with Crippen LogP contribution in [0.2, 0.25) is 0 Å². The number of carbonyl (C=O) groups excluding carboxylic acids is 1. The summed E-state index contributed by atoms with van der Waals surface area (Å²) in [6, 6.07) is 5.59. The highest BCUT2D eigenvalue weighted by Gasteiger charge is 2.09. The van der Waals surface area contributed by atoms with Crippen molar-refractivity contribution in [1.82, 2.24) is 4.98 Å². The number of aromatic nitrogens is 1. The molecule has 0 aliphatic heterocycles. The highest BCUT2D eigenvalue weighted by atomic mass is 16.5. The van der Waals surface area contributed by atoms with Crippen molar-refractivity contribution in [3.63, 3.8) is 0 Å². The second kappa shape index (κ2) is 8.70. The quantitative estimate of drug-likeness (QED) is 0.469. The number of ether oxygens (including phenoxy) is 1. The number of carbonyl (C=O) groups is 1. The molecule has 1 heterocycles. The first-order chi connectivity index (χ1) is 9.71.